The lowest BCUT2D eigenvalue weighted by atomic mass is 9.83. The van der Waals surface area contributed by atoms with Crippen LogP contribution in [0, 0.1) is 5.92 Å². The van der Waals surface area contributed by atoms with Crippen LogP contribution in [0.4, 0.5) is 5.69 Å². The second-order valence-electron chi connectivity index (χ2n) is 5.53. The van der Waals surface area contributed by atoms with E-state index in [2.05, 4.69) is 0 Å². The first-order chi connectivity index (χ1) is 9.70. The zero-order valence-corrected chi connectivity index (χ0v) is 13.9. The summed E-state index contributed by atoms with van der Waals surface area (Å²) >= 11 is 11.9. The van der Waals surface area contributed by atoms with E-state index < -0.39 is 15.1 Å². The highest BCUT2D eigenvalue weighted by molar-refractivity contribution is 7.91. The lowest BCUT2D eigenvalue weighted by molar-refractivity contribution is 0.0891. The molecular weight excluding hydrogens is 333 g/mol. The standard InChI is InChI=1S/C14H17Cl2NO3S/c1-21(19,20)10-4-2-3-8(5-10)14(18)9-6-11(15)13(17)12(16)7-9/h6-8,10H,2-5,17H2,1H3. The quantitative estimate of drug-likeness (QED) is 0.670. The van der Waals surface area contributed by atoms with Gasteiger partial charge in [0.15, 0.2) is 5.78 Å². The molecule has 1 fully saturated rings. The van der Waals surface area contributed by atoms with Crippen molar-refractivity contribution >= 4 is 44.5 Å². The maximum Gasteiger partial charge on any atom is 0.166 e. The van der Waals surface area contributed by atoms with Crippen molar-refractivity contribution in [2.24, 2.45) is 5.92 Å². The average Bonchev–Trinajstić information content (AvgIpc) is 2.42. The summed E-state index contributed by atoms with van der Waals surface area (Å²) in [5, 5.41) is 0.0302. The minimum atomic E-state index is -3.12. The van der Waals surface area contributed by atoms with Gasteiger partial charge in [0, 0.05) is 17.7 Å². The summed E-state index contributed by atoms with van der Waals surface area (Å²) in [6, 6.07) is 2.99. The molecule has 0 amide bonds. The van der Waals surface area contributed by atoms with E-state index in [1.165, 1.54) is 18.4 Å². The molecule has 0 bridgehead atoms. The number of sulfone groups is 1. The predicted molar refractivity (Wildman–Crippen MR) is 85.8 cm³/mol. The molecule has 21 heavy (non-hydrogen) atoms. The summed E-state index contributed by atoms with van der Waals surface area (Å²) in [6.07, 6.45) is 3.61. The first kappa shape index (κ1) is 16.6. The van der Waals surface area contributed by atoms with Crippen molar-refractivity contribution in [3.63, 3.8) is 0 Å². The van der Waals surface area contributed by atoms with Crippen LogP contribution in [0.3, 0.4) is 0 Å². The molecule has 0 spiro atoms. The normalized spacial score (nSPS) is 23.0. The molecule has 1 aromatic carbocycles. The van der Waals surface area contributed by atoms with E-state index in [1.807, 2.05) is 0 Å². The van der Waals surface area contributed by atoms with Gasteiger partial charge in [-0.25, -0.2) is 8.42 Å². The Kier molecular flexibility index (Phi) is 4.85. The lowest BCUT2D eigenvalue weighted by Gasteiger charge is -2.27. The van der Waals surface area contributed by atoms with E-state index in [0.29, 0.717) is 24.8 Å². The predicted octanol–water partition coefficient (Wildman–Crippen LogP) is 3.36. The number of Topliss-reactive ketones (excluding diaryl/α,β-unsaturated/α-hetero) is 1. The van der Waals surface area contributed by atoms with Gasteiger partial charge in [-0.1, -0.05) is 29.6 Å². The van der Waals surface area contributed by atoms with Gasteiger partial charge < -0.3 is 5.73 Å². The summed E-state index contributed by atoms with van der Waals surface area (Å²) in [4.78, 5) is 12.5. The van der Waals surface area contributed by atoms with Crippen LogP contribution in [0.15, 0.2) is 12.1 Å². The third-order valence-corrected chi connectivity index (χ3v) is 6.23. The van der Waals surface area contributed by atoms with Gasteiger partial charge >= 0.3 is 0 Å². The van der Waals surface area contributed by atoms with Crippen molar-refractivity contribution in [1.29, 1.82) is 0 Å². The van der Waals surface area contributed by atoms with Crippen LogP contribution in [0.2, 0.25) is 10.0 Å². The third kappa shape index (κ3) is 3.71. The van der Waals surface area contributed by atoms with Gasteiger partial charge in [0.25, 0.3) is 0 Å². The van der Waals surface area contributed by atoms with Crippen molar-refractivity contribution in [3.05, 3.63) is 27.7 Å². The molecule has 4 nitrogen and oxygen atoms in total. The Morgan fingerprint density at radius 2 is 1.81 bits per heavy atom. The monoisotopic (exact) mass is 349 g/mol. The Balaban J connectivity index is 2.24. The second-order valence-corrected chi connectivity index (χ2v) is 8.67. The Bertz CT molecular complexity index is 650. The number of hydrogen-bond donors (Lipinski definition) is 1. The highest BCUT2D eigenvalue weighted by Gasteiger charge is 2.33. The molecule has 0 aliphatic heterocycles. The molecule has 1 aromatic rings. The van der Waals surface area contributed by atoms with Crippen molar-refractivity contribution < 1.29 is 13.2 Å². The molecule has 116 valence electrons. The largest absolute Gasteiger partial charge is 0.396 e. The minimum Gasteiger partial charge on any atom is -0.396 e. The molecule has 0 saturated heterocycles. The number of carbonyl (C=O) groups is 1. The van der Waals surface area contributed by atoms with Crippen LogP contribution < -0.4 is 5.73 Å². The van der Waals surface area contributed by atoms with Crippen LogP contribution in [-0.4, -0.2) is 25.7 Å². The van der Waals surface area contributed by atoms with Gasteiger partial charge in [-0.15, -0.1) is 0 Å². The van der Waals surface area contributed by atoms with Crippen LogP contribution >= 0.6 is 23.2 Å². The maximum absolute atomic E-state index is 12.5. The third-order valence-electron chi connectivity index (χ3n) is 3.97. The van der Waals surface area contributed by atoms with Gasteiger partial charge in [0.2, 0.25) is 0 Å². The molecule has 7 heteroatoms. The fraction of sp³-hybridized carbons (Fsp3) is 0.500. The number of hydrogen-bond acceptors (Lipinski definition) is 4. The first-order valence-electron chi connectivity index (χ1n) is 6.67. The van der Waals surface area contributed by atoms with Crippen LogP contribution in [0.5, 0.6) is 0 Å². The van der Waals surface area contributed by atoms with E-state index in [4.69, 9.17) is 28.9 Å². The SMILES string of the molecule is CS(=O)(=O)C1CCCC(C(=O)c2cc(Cl)c(N)c(Cl)c2)C1. The van der Waals surface area contributed by atoms with E-state index in [-0.39, 0.29) is 27.4 Å². The Morgan fingerprint density at radius 1 is 1.24 bits per heavy atom. The van der Waals surface area contributed by atoms with Crippen molar-refractivity contribution in [3.8, 4) is 0 Å². The fourth-order valence-corrected chi connectivity index (χ4v) is 4.40. The summed E-state index contributed by atoms with van der Waals surface area (Å²) < 4.78 is 23.3. The number of ketones is 1. The molecule has 0 radical (unpaired) electrons. The summed E-state index contributed by atoms with van der Waals surface area (Å²) in [7, 11) is -3.12. The van der Waals surface area contributed by atoms with Gasteiger partial charge in [-0.3, -0.25) is 4.79 Å². The van der Waals surface area contributed by atoms with Gasteiger partial charge in [0.05, 0.1) is 21.0 Å². The smallest absolute Gasteiger partial charge is 0.166 e. The molecule has 0 heterocycles. The Morgan fingerprint density at radius 3 is 2.33 bits per heavy atom. The van der Waals surface area contributed by atoms with Crippen LogP contribution in [-0.2, 0) is 9.84 Å². The highest BCUT2D eigenvalue weighted by atomic mass is 35.5. The maximum atomic E-state index is 12.5. The van der Waals surface area contributed by atoms with Crippen molar-refractivity contribution in [1.82, 2.24) is 0 Å². The summed E-state index contributed by atoms with van der Waals surface area (Å²) in [5.41, 5.74) is 6.28. The Hall–Kier alpha value is -0.780. The molecule has 2 rings (SSSR count). The van der Waals surface area contributed by atoms with E-state index in [9.17, 15) is 13.2 Å². The molecule has 1 aliphatic carbocycles. The topological polar surface area (TPSA) is 77.2 Å². The molecule has 2 unspecified atom stereocenters. The van der Waals surface area contributed by atoms with Gasteiger partial charge in [-0.2, -0.15) is 0 Å². The second kappa shape index (κ2) is 6.15. The number of nitrogens with two attached hydrogens (primary N) is 1. The molecule has 2 atom stereocenters. The first-order valence-corrected chi connectivity index (χ1v) is 9.38. The molecule has 1 saturated carbocycles. The van der Waals surface area contributed by atoms with Crippen LogP contribution in [0.25, 0.3) is 0 Å². The summed E-state index contributed by atoms with van der Waals surface area (Å²) in [5.74, 6) is -0.429. The number of anilines is 1. The number of rotatable bonds is 3. The Labute approximate surface area is 134 Å². The van der Waals surface area contributed by atoms with Crippen molar-refractivity contribution in [2.75, 3.05) is 12.0 Å². The molecule has 2 N–H and O–H groups in total. The molecule has 0 aromatic heterocycles. The molecular formula is C14H17Cl2NO3S. The zero-order chi connectivity index (χ0) is 15.8. The van der Waals surface area contributed by atoms with E-state index >= 15 is 0 Å². The average molecular weight is 350 g/mol. The fourth-order valence-electron chi connectivity index (χ4n) is 2.73. The van der Waals surface area contributed by atoms with Crippen molar-refractivity contribution in [2.45, 2.75) is 30.9 Å². The van der Waals surface area contributed by atoms with E-state index in [0.717, 1.165) is 6.42 Å². The summed E-state index contributed by atoms with van der Waals surface area (Å²) in [6.45, 7) is 0. The number of carbonyl (C=O) groups excluding carboxylic acids is 1. The number of benzene rings is 1. The highest BCUT2D eigenvalue weighted by Crippen LogP contribution is 2.34. The van der Waals surface area contributed by atoms with Gasteiger partial charge in [0.1, 0.15) is 9.84 Å². The zero-order valence-electron chi connectivity index (χ0n) is 11.6. The van der Waals surface area contributed by atoms with E-state index in [1.54, 1.807) is 0 Å². The van der Waals surface area contributed by atoms with Gasteiger partial charge in [-0.05, 0) is 31.4 Å². The number of nitrogen functional groups attached to an aromatic ring is 1. The lowest BCUT2D eigenvalue weighted by Crippen LogP contribution is -2.31. The number of halogens is 2. The minimum absolute atomic E-state index is 0.118. The molecule has 1 aliphatic rings. The van der Waals surface area contributed by atoms with Crippen LogP contribution in [0.1, 0.15) is 36.0 Å².